The van der Waals surface area contributed by atoms with Crippen LogP contribution in [0.3, 0.4) is 0 Å². The van der Waals surface area contributed by atoms with Crippen molar-refractivity contribution in [3.63, 3.8) is 0 Å². The summed E-state index contributed by atoms with van der Waals surface area (Å²) in [6.07, 6.45) is 2.93. The van der Waals surface area contributed by atoms with Crippen molar-refractivity contribution in [2.45, 2.75) is 6.92 Å². The number of nitrogens with zero attached hydrogens (tertiary/aromatic N) is 1. The highest BCUT2D eigenvalue weighted by Crippen LogP contribution is 2.37. The van der Waals surface area contributed by atoms with E-state index in [1.54, 1.807) is 39.2 Å². The highest BCUT2D eigenvalue weighted by molar-refractivity contribution is 9.10. The van der Waals surface area contributed by atoms with Gasteiger partial charge in [0, 0.05) is 19.7 Å². The number of hydrogen-bond donors (Lipinski definition) is 0. The molecule has 0 saturated carbocycles. The molecule has 0 aliphatic heterocycles. The average molecular weight is 485 g/mol. The largest absolute Gasteiger partial charge is 0.490 e. The van der Waals surface area contributed by atoms with Gasteiger partial charge in [-0.15, -0.1) is 0 Å². The second kappa shape index (κ2) is 10.4. The number of carbonyl (C=O) groups is 2. The smallest absolute Gasteiger partial charge is 0.259 e. The second-order valence-corrected chi connectivity index (χ2v) is 7.43. The molecule has 0 aliphatic carbocycles. The van der Waals surface area contributed by atoms with Crippen LogP contribution < -0.4 is 9.47 Å². The minimum Gasteiger partial charge on any atom is -0.490 e. The lowest BCUT2D eigenvalue weighted by Gasteiger charge is -2.16. The molecule has 0 aliphatic rings. The molecule has 2 aromatic rings. The number of amides is 1. The molecule has 0 saturated heterocycles. The molecule has 0 fully saturated rings. The Morgan fingerprint density at radius 3 is 2.55 bits per heavy atom. The molecule has 29 heavy (non-hydrogen) atoms. The van der Waals surface area contributed by atoms with Crippen LogP contribution in [0.4, 0.5) is 4.39 Å². The molecule has 0 spiro atoms. The van der Waals surface area contributed by atoms with Crippen LogP contribution in [0.1, 0.15) is 22.8 Å². The Morgan fingerprint density at radius 2 is 1.93 bits per heavy atom. The van der Waals surface area contributed by atoms with Crippen molar-refractivity contribution in [1.82, 2.24) is 4.90 Å². The molecule has 2 aromatic carbocycles. The van der Waals surface area contributed by atoms with Gasteiger partial charge >= 0.3 is 0 Å². The molecule has 0 N–H and O–H groups in total. The lowest BCUT2D eigenvalue weighted by molar-refractivity contribution is -0.130. The van der Waals surface area contributed by atoms with E-state index < -0.39 is 5.82 Å². The number of halogens is 3. The van der Waals surface area contributed by atoms with E-state index in [0.717, 1.165) is 0 Å². The number of hydrogen-bond acceptors (Lipinski definition) is 4. The van der Waals surface area contributed by atoms with E-state index in [9.17, 15) is 14.0 Å². The number of rotatable bonds is 8. The van der Waals surface area contributed by atoms with Gasteiger partial charge in [-0.1, -0.05) is 17.7 Å². The van der Waals surface area contributed by atoms with E-state index >= 15 is 0 Å². The minimum absolute atomic E-state index is 0.181. The van der Waals surface area contributed by atoms with E-state index in [1.165, 1.54) is 29.2 Å². The van der Waals surface area contributed by atoms with E-state index in [0.29, 0.717) is 23.5 Å². The van der Waals surface area contributed by atoms with Crippen molar-refractivity contribution in [3.8, 4) is 11.5 Å². The Balaban J connectivity index is 2.24. The topological polar surface area (TPSA) is 55.8 Å². The summed E-state index contributed by atoms with van der Waals surface area (Å²) in [6, 6.07) is 7.30. The molecule has 0 heterocycles. The Kier molecular flexibility index (Phi) is 8.22. The maximum atomic E-state index is 13.3. The van der Waals surface area contributed by atoms with Crippen LogP contribution in [-0.4, -0.2) is 43.9 Å². The summed E-state index contributed by atoms with van der Waals surface area (Å²) in [5, 5.41) is 0.249. The summed E-state index contributed by atoms with van der Waals surface area (Å²) in [5.41, 5.74) is 0.951. The molecule has 0 radical (unpaired) electrons. The molecule has 0 aromatic heterocycles. The number of ketones is 1. The summed E-state index contributed by atoms with van der Waals surface area (Å²) < 4.78 is 24.7. The Morgan fingerprint density at radius 1 is 1.21 bits per heavy atom. The normalized spacial score (nSPS) is 10.8. The summed E-state index contributed by atoms with van der Waals surface area (Å²) in [6.45, 7) is 1.99. The molecule has 8 heteroatoms. The van der Waals surface area contributed by atoms with Crippen LogP contribution in [0, 0.1) is 5.82 Å². The van der Waals surface area contributed by atoms with Crippen molar-refractivity contribution in [3.05, 3.63) is 62.8 Å². The van der Waals surface area contributed by atoms with Crippen molar-refractivity contribution in [2.75, 3.05) is 27.3 Å². The van der Waals surface area contributed by atoms with E-state index in [1.807, 2.05) is 0 Å². The molecule has 5 nitrogen and oxygen atoms in total. The summed E-state index contributed by atoms with van der Waals surface area (Å²) in [4.78, 5) is 25.5. The SMILES string of the molecule is CCOc1cc(C=CC(=O)c2ccc(F)c(Br)c2)cc(Cl)c1OCC(=O)N(C)C. The summed E-state index contributed by atoms with van der Waals surface area (Å²) in [5.74, 6) is -0.333. The third-order valence-corrected chi connectivity index (χ3v) is 4.69. The van der Waals surface area contributed by atoms with E-state index in [2.05, 4.69) is 15.9 Å². The molecule has 0 bridgehead atoms. The van der Waals surface area contributed by atoms with E-state index in [4.69, 9.17) is 21.1 Å². The van der Waals surface area contributed by atoms with Crippen LogP contribution in [0.15, 0.2) is 40.9 Å². The Labute approximate surface area is 182 Å². The van der Waals surface area contributed by atoms with Gasteiger partial charge in [0.2, 0.25) is 0 Å². The number of carbonyl (C=O) groups excluding carboxylic acids is 2. The molecule has 154 valence electrons. The van der Waals surface area contributed by atoms with Gasteiger partial charge in [-0.3, -0.25) is 9.59 Å². The number of ether oxygens (including phenoxy) is 2. The zero-order chi connectivity index (χ0) is 21.6. The van der Waals surface area contributed by atoms with Gasteiger partial charge in [0.1, 0.15) is 5.82 Å². The fourth-order valence-corrected chi connectivity index (χ4v) is 2.92. The second-order valence-electron chi connectivity index (χ2n) is 6.17. The fourth-order valence-electron chi connectivity index (χ4n) is 2.27. The van der Waals surface area contributed by atoms with Crippen LogP contribution in [0.2, 0.25) is 5.02 Å². The van der Waals surface area contributed by atoms with Crippen LogP contribution in [0.5, 0.6) is 11.5 Å². The first kappa shape index (κ1) is 22.9. The standard InChI is InChI=1S/C21H20BrClFNO4/c1-4-28-19-10-13(9-16(23)21(19)29-12-20(27)25(2)3)5-8-18(26)14-6-7-17(24)15(22)11-14/h5-11H,4,12H2,1-3H3. The van der Waals surface area contributed by atoms with Gasteiger partial charge in [-0.05, 0) is 64.8 Å². The van der Waals surface area contributed by atoms with Crippen LogP contribution >= 0.6 is 27.5 Å². The Bertz CT molecular complexity index is 947. The van der Waals surface area contributed by atoms with Crippen molar-refractivity contribution in [2.24, 2.45) is 0 Å². The monoisotopic (exact) mass is 483 g/mol. The molecular formula is C21H20BrClFNO4. The molecule has 0 unspecified atom stereocenters. The zero-order valence-corrected chi connectivity index (χ0v) is 18.5. The van der Waals surface area contributed by atoms with Gasteiger partial charge in [0.25, 0.3) is 5.91 Å². The quantitative estimate of drug-likeness (QED) is 0.391. The van der Waals surface area contributed by atoms with Gasteiger partial charge < -0.3 is 14.4 Å². The first-order valence-corrected chi connectivity index (χ1v) is 9.86. The third-order valence-electron chi connectivity index (χ3n) is 3.80. The zero-order valence-electron chi connectivity index (χ0n) is 16.2. The van der Waals surface area contributed by atoms with Crippen LogP contribution in [0.25, 0.3) is 6.08 Å². The first-order valence-electron chi connectivity index (χ1n) is 8.69. The maximum Gasteiger partial charge on any atom is 0.259 e. The lowest BCUT2D eigenvalue weighted by Crippen LogP contribution is -2.27. The summed E-state index contributed by atoms with van der Waals surface area (Å²) >= 11 is 9.37. The first-order chi connectivity index (χ1) is 13.7. The summed E-state index contributed by atoms with van der Waals surface area (Å²) in [7, 11) is 3.25. The van der Waals surface area contributed by atoms with Gasteiger partial charge in [0.05, 0.1) is 16.1 Å². The van der Waals surface area contributed by atoms with E-state index in [-0.39, 0.29) is 33.5 Å². The number of allylic oxidation sites excluding steroid dienone is 1. The Hall–Kier alpha value is -2.38. The molecule has 2 rings (SSSR count). The van der Waals surface area contributed by atoms with Crippen molar-refractivity contribution < 1.29 is 23.5 Å². The van der Waals surface area contributed by atoms with Gasteiger partial charge in [0.15, 0.2) is 23.9 Å². The molecular weight excluding hydrogens is 465 g/mol. The predicted molar refractivity (Wildman–Crippen MR) is 114 cm³/mol. The van der Waals surface area contributed by atoms with Gasteiger partial charge in [-0.2, -0.15) is 0 Å². The highest BCUT2D eigenvalue weighted by Gasteiger charge is 2.15. The number of likely N-dealkylation sites (N-methyl/N-ethyl adjacent to an activating group) is 1. The van der Waals surface area contributed by atoms with Crippen molar-refractivity contribution >= 4 is 45.3 Å². The lowest BCUT2D eigenvalue weighted by atomic mass is 10.1. The molecule has 0 atom stereocenters. The third kappa shape index (κ3) is 6.30. The van der Waals surface area contributed by atoms with Crippen molar-refractivity contribution in [1.29, 1.82) is 0 Å². The molecule has 1 amide bonds. The number of benzene rings is 2. The average Bonchev–Trinajstić information content (AvgIpc) is 2.67. The maximum absolute atomic E-state index is 13.3. The fraction of sp³-hybridized carbons (Fsp3) is 0.238. The van der Waals surface area contributed by atoms with Gasteiger partial charge in [-0.25, -0.2) is 4.39 Å². The minimum atomic E-state index is -0.443. The predicted octanol–water partition coefficient (Wildman–Crippen LogP) is 5.00. The highest BCUT2D eigenvalue weighted by atomic mass is 79.9. The van der Waals surface area contributed by atoms with Crippen LogP contribution in [-0.2, 0) is 4.79 Å².